The number of aryl methyl sites for hydroxylation is 2. The monoisotopic (exact) mass is 445 g/mol. The van der Waals surface area contributed by atoms with Crippen LogP contribution in [-0.2, 0) is 0 Å². The van der Waals surface area contributed by atoms with Crippen molar-refractivity contribution in [3.8, 4) is 11.3 Å². The Balaban J connectivity index is 0.00000160. The number of fused-ring (bicyclic) bond motifs is 1. The number of carbonyl (C=O) groups is 1. The number of carbonyl (C=O) groups excluding carboxylic acids is 1. The molecule has 4 nitrogen and oxygen atoms in total. The largest absolute Gasteiger partial charge is 0.336 e. The summed E-state index contributed by atoms with van der Waals surface area (Å²) >= 11 is 0. The van der Waals surface area contributed by atoms with Crippen molar-refractivity contribution in [3.05, 3.63) is 65.2 Å². The van der Waals surface area contributed by atoms with Crippen molar-refractivity contribution in [2.24, 2.45) is 11.7 Å². The maximum Gasteiger partial charge on any atom is 0.254 e. The minimum absolute atomic E-state index is 0. The van der Waals surface area contributed by atoms with Crippen LogP contribution in [0.4, 0.5) is 0 Å². The van der Waals surface area contributed by atoms with Crippen molar-refractivity contribution in [1.82, 2.24) is 9.88 Å². The molecule has 2 unspecified atom stereocenters. The topological polar surface area (TPSA) is 59.2 Å². The van der Waals surface area contributed by atoms with E-state index in [0.29, 0.717) is 12.5 Å². The lowest BCUT2D eigenvalue weighted by Gasteiger charge is -2.23. The molecule has 4 rings (SSSR count). The van der Waals surface area contributed by atoms with E-state index in [9.17, 15) is 4.79 Å². The van der Waals surface area contributed by atoms with Gasteiger partial charge in [0.15, 0.2) is 0 Å². The van der Waals surface area contributed by atoms with E-state index in [2.05, 4.69) is 32.9 Å². The highest BCUT2D eigenvalue weighted by molar-refractivity contribution is 6.07. The number of nitrogens with two attached hydrogens (primary N) is 1. The Labute approximate surface area is 190 Å². The first kappa shape index (κ1) is 24.1. The summed E-state index contributed by atoms with van der Waals surface area (Å²) in [4.78, 5) is 20.4. The molecule has 0 bridgehead atoms. The standard InChI is InChI=1S/C24H27N3O.2ClH/c1-15-9-20-21(24(28)27-14-18(13-25)11-17(27)3)12-22(19-7-5-4-6-8-19)26-23(20)10-16(15)2;;/h4-10,12,17-18H,11,13-14,25H2,1-3H3;2*1H. The SMILES string of the molecule is Cc1cc2nc(-c3ccccc3)cc(C(=O)N3CC(CN)CC3C)c2cc1C.Cl.Cl. The molecule has 2 N–H and O–H groups in total. The van der Waals surface area contributed by atoms with Gasteiger partial charge < -0.3 is 10.6 Å². The molecule has 0 aliphatic carbocycles. The van der Waals surface area contributed by atoms with Gasteiger partial charge >= 0.3 is 0 Å². The molecule has 2 heterocycles. The number of nitrogens with zero attached hydrogens (tertiary/aromatic N) is 2. The number of amides is 1. The zero-order chi connectivity index (χ0) is 19.8. The molecular formula is C24H29Cl2N3O. The summed E-state index contributed by atoms with van der Waals surface area (Å²) in [5.41, 5.74) is 11.7. The van der Waals surface area contributed by atoms with E-state index in [-0.39, 0.29) is 36.8 Å². The third-order valence-electron chi connectivity index (χ3n) is 5.98. The number of rotatable bonds is 3. The van der Waals surface area contributed by atoms with Crippen molar-refractivity contribution in [3.63, 3.8) is 0 Å². The minimum atomic E-state index is 0. The third-order valence-corrected chi connectivity index (χ3v) is 5.98. The molecule has 0 radical (unpaired) electrons. The third kappa shape index (κ3) is 4.46. The molecule has 2 aromatic carbocycles. The van der Waals surface area contributed by atoms with Crippen LogP contribution in [0.25, 0.3) is 22.2 Å². The molecule has 1 saturated heterocycles. The first-order chi connectivity index (χ1) is 13.5. The predicted octanol–water partition coefficient (Wildman–Crippen LogP) is 5.17. The average molecular weight is 446 g/mol. The number of halogens is 2. The van der Waals surface area contributed by atoms with E-state index in [1.807, 2.05) is 41.3 Å². The first-order valence-electron chi connectivity index (χ1n) is 9.96. The Morgan fingerprint density at radius 2 is 1.77 bits per heavy atom. The molecule has 2 atom stereocenters. The second-order valence-corrected chi connectivity index (χ2v) is 8.02. The average Bonchev–Trinajstić information content (AvgIpc) is 3.09. The number of hydrogen-bond acceptors (Lipinski definition) is 3. The Hall–Kier alpha value is -2.14. The van der Waals surface area contributed by atoms with Crippen molar-refractivity contribution in [1.29, 1.82) is 0 Å². The number of pyridine rings is 1. The van der Waals surface area contributed by atoms with Gasteiger partial charge in [0.25, 0.3) is 5.91 Å². The normalized spacial score (nSPS) is 18.1. The molecule has 30 heavy (non-hydrogen) atoms. The van der Waals surface area contributed by atoms with Crippen molar-refractivity contribution in [2.75, 3.05) is 13.1 Å². The van der Waals surface area contributed by atoms with Gasteiger partial charge in [0.2, 0.25) is 0 Å². The van der Waals surface area contributed by atoms with E-state index in [1.54, 1.807) is 0 Å². The van der Waals surface area contributed by atoms with Gasteiger partial charge in [0, 0.05) is 23.5 Å². The summed E-state index contributed by atoms with van der Waals surface area (Å²) in [6, 6.07) is 16.4. The van der Waals surface area contributed by atoms with E-state index < -0.39 is 0 Å². The maximum atomic E-state index is 13.6. The number of benzene rings is 2. The van der Waals surface area contributed by atoms with Gasteiger partial charge in [-0.3, -0.25) is 4.79 Å². The lowest BCUT2D eigenvalue weighted by Crippen LogP contribution is -2.34. The molecule has 0 spiro atoms. The molecule has 1 aliphatic rings. The Kier molecular flexibility index (Phi) is 7.87. The summed E-state index contributed by atoms with van der Waals surface area (Å²) in [7, 11) is 0. The molecule has 6 heteroatoms. The zero-order valence-corrected chi connectivity index (χ0v) is 19.2. The highest BCUT2D eigenvalue weighted by atomic mass is 35.5. The van der Waals surface area contributed by atoms with Crippen LogP contribution >= 0.6 is 24.8 Å². The second kappa shape index (κ2) is 9.78. The Morgan fingerprint density at radius 1 is 1.10 bits per heavy atom. The van der Waals surface area contributed by atoms with Gasteiger partial charge in [-0.2, -0.15) is 0 Å². The van der Waals surface area contributed by atoms with Crippen LogP contribution < -0.4 is 5.73 Å². The van der Waals surface area contributed by atoms with Gasteiger partial charge in [0.05, 0.1) is 16.8 Å². The van der Waals surface area contributed by atoms with Crippen molar-refractivity contribution in [2.45, 2.75) is 33.2 Å². The summed E-state index contributed by atoms with van der Waals surface area (Å²) < 4.78 is 0. The number of likely N-dealkylation sites (tertiary alicyclic amines) is 1. The lowest BCUT2D eigenvalue weighted by molar-refractivity contribution is 0.0745. The quantitative estimate of drug-likeness (QED) is 0.604. The molecule has 0 saturated carbocycles. The van der Waals surface area contributed by atoms with Crippen LogP contribution in [0.3, 0.4) is 0 Å². The molecule has 1 fully saturated rings. The summed E-state index contributed by atoms with van der Waals surface area (Å²) in [5, 5.41) is 0.927. The zero-order valence-electron chi connectivity index (χ0n) is 17.6. The van der Waals surface area contributed by atoms with Gasteiger partial charge in [-0.15, -0.1) is 24.8 Å². The van der Waals surface area contributed by atoms with Crippen molar-refractivity contribution >= 4 is 41.6 Å². The van der Waals surface area contributed by atoms with Crippen LogP contribution in [-0.4, -0.2) is 34.9 Å². The molecular weight excluding hydrogens is 417 g/mol. The first-order valence-corrected chi connectivity index (χ1v) is 9.96. The van der Waals surface area contributed by atoms with Crippen LogP contribution in [0.1, 0.15) is 34.8 Å². The van der Waals surface area contributed by atoms with Gasteiger partial charge in [0.1, 0.15) is 0 Å². The Bertz CT molecular complexity index is 1040. The fourth-order valence-corrected chi connectivity index (χ4v) is 4.17. The highest BCUT2D eigenvalue weighted by Crippen LogP contribution is 2.30. The van der Waals surface area contributed by atoms with Gasteiger partial charge in [-0.25, -0.2) is 4.98 Å². The summed E-state index contributed by atoms with van der Waals surface area (Å²) in [6.45, 7) is 7.63. The summed E-state index contributed by atoms with van der Waals surface area (Å²) in [5.74, 6) is 0.459. The lowest BCUT2D eigenvalue weighted by atomic mass is 9.99. The Morgan fingerprint density at radius 3 is 2.40 bits per heavy atom. The number of aromatic nitrogens is 1. The molecule has 160 valence electrons. The van der Waals surface area contributed by atoms with Crippen LogP contribution in [0.2, 0.25) is 0 Å². The fraction of sp³-hybridized carbons (Fsp3) is 0.333. The van der Waals surface area contributed by atoms with E-state index in [1.165, 1.54) is 11.1 Å². The van der Waals surface area contributed by atoms with E-state index >= 15 is 0 Å². The van der Waals surface area contributed by atoms with E-state index in [4.69, 9.17) is 10.7 Å². The fourth-order valence-electron chi connectivity index (χ4n) is 4.17. The van der Waals surface area contributed by atoms with Crippen molar-refractivity contribution < 1.29 is 4.79 Å². The molecule has 1 amide bonds. The van der Waals surface area contributed by atoms with Crippen LogP contribution in [0.15, 0.2) is 48.5 Å². The predicted molar refractivity (Wildman–Crippen MR) is 129 cm³/mol. The summed E-state index contributed by atoms with van der Waals surface area (Å²) in [6.07, 6.45) is 0.967. The number of hydrogen-bond donors (Lipinski definition) is 1. The molecule has 1 aliphatic heterocycles. The van der Waals surface area contributed by atoms with Gasteiger partial charge in [-0.1, -0.05) is 30.3 Å². The van der Waals surface area contributed by atoms with Gasteiger partial charge in [-0.05, 0) is 69.0 Å². The minimum Gasteiger partial charge on any atom is -0.336 e. The van der Waals surface area contributed by atoms with Crippen LogP contribution in [0, 0.1) is 19.8 Å². The van der Waals surface area contributed by atoms with Crippen LogP contribution in [0.5, 0.6) is 0 Å². The highest BCUT2D eigenvalue weighted by Gasteiger charge is 2.33. The second-order valence-electron chi connectivity index (χ2n) is 8.02. The molecule has 3 aromatic rings. The van der Waals surface area contributed by atoms with E-state index in [0.717, 1.165) is 40.7 Å². The smallest absolute Gasteiger partial charge is 0.254 e. The maximum absolute atomic E-state index is 13.6. The molecule has 1 aromatic heterocycles.